The average Bonchev–Trinajstić information content (AvgIpc) is 2.27. The molecule has 100 valence electrons. The van der Waals surface area contributed by atoms with E-state index >= 15 is 0 Å². The van der Waals surface area contributed by atoms with Crippen LogP contribution in [0.1, 0.15) is 30.6 Å². The van der Waals surface area contributed by atoms with E-state index in [0.717, 1.165) is 12.7 Å². The minimum atomic E-state index is -3.40. The van der Waals surface area contributed by atoms with Gasteiger partial charge in [0.15, 0.2) is 0 Å². The SMILES string of the molecule is CCC(C)NC(=O)c1ccccc1NS(C)(=O)=O. The van der Waals surface area contributed by atoms with Crippen molar-refractivity contribution in [2.24, 2.45) is 0 Å². The first-order valence-electron chi connectivity index (χ1n) is 5.71. The van der Waals surface area contributed by atoms with Gasteiger partial charge in [0.25, 0.3) is 5.91 Å². The van der Waals surface area contributed by atoms with E-state index in [9.17, 15) is 13.2 Å². The fourth-order valence-corrected chi connectivity index (χ4v) is 1.95. The summed E-state index contributed by atoms with van der Waals surface area (Å²) in [6, 6.07) is 6.56. The van der Waals surface area contributed by atoms with Crippen molar-refractivity contribution in [3.8, 4) is 0 Å². The second-order valence-corrected chi connectivity index (χ2v) is 5.95. The summed E-state index contributed by atoms with van der Waals surface area (Å²) in [6.45, 7) is 3.86. The predicted molar refractivity (Wildman–Crippen MR) is 72.1 cm³/mol. The number of hydrogen-bond donors (Lipinski definition) is 2. The largest absolute Gasteiger partial charge is 0.350 e. The van der Waals surface area contributed by atoms with Gasteiger partial charge in [0.1, 0.15) is 0 Å². The van der Waals surface area contributed by atoms with Crippen molar-refractivity contribution < 1.29 is 13.2 Å². The number of rotatable bonds is 5. The fraction of sp³-hybridized carbons (Fsp3) is 0.417. The van der Waals surface area contributed by atoms with Crippen molar-refractivity contribution in [1.29, 1.82) is 0 Å². The minimum Gasteiger partial charge on any atom is -0.350 e. The first-order valence-corrected chi connectivity index (χ1v) is 7.60. The molecule has 1 atom stereocenters. The maximum Gasteiger partial charge on any atom is 0.253 e. The number of nitrogens with one attached hydrogen (secondary N) is 2. The molecule has 1 aromatic rings. The molecule has 0 fully saturated rings. The second kappa shape index (κ2) is 5.86. The van der Waals surface area contributed by atoms with Crippen molar-refractivity contribution in [2.45, 2.75) is 26.3 Å². The van der Waals surface area contributed by atoms with E-state index in [4.69, 9.17) is 0 Å². The zero-order valence-corrected chi connectivity index (χ0v) is 11.5. The lowest BCUT2D eigenvalue weighted by molar-refractivity contribution is 0.0940. The fourth-order valence-electron chi connectivity index (χ4n) is 1.37. The molecule has 5 nitrogen and oxygen atoms in total. The molecule has 0 saturated heterocycles. The van der Waals surface area contributed by atoms with Gasteiger partial charge in [0, 0.05) is 6.04 Å². The highest BCUT2D eigenvalue weighted by Crippen LogP contribution is 2.16. The van der Waals surface area contributed by atoms with Crippen molar-refractivity contribution >= 4 is 21.6 Å². The van der Waals surface area contributed by atoms with Crippen molar-refractivity contribution in [3.05, 3.63) is 29.8 Å². The third kappa shape index (κ3) is 4.37. The third-order valence-electron chi connectivity index (χ3n) is 2.46. The van der Waals surface area contributed by atoms with Gasteiger partial charge >= 0.3 is 0 Å². The third-order valence-corrected chi connectivity index (χ3v) is 3.05. The van der Waals surface area contributed by atoms with Gasteiger partial charge in [0.05, 0.1) is 17.5 Å². The van der Waals surface area contributed by atoms with Gasteiger partial charge in [-0.25, -0.2) is 8.42 Å². The topological polar surface area (TPSA) is 75.3 Å². The molecule has 6 heteroatoms. The molecule has 0 heterocycles. The molecular formula is C12H18N2O3S. The zero-order chi connectivity index (χ0) is 13.8. The molecule has 0 saturated carbocycles. The first-order chi connectivity index (χ1) is 8.33. The lowest BCUT2D eigenvalue weighted by Crippen LogP contribution is -2.32. The summed E-state index contributed by atoms with van der Waals surface area (Å²) in [5.41, 5.74) is 0.615. The summed E-state index contributed by atoms with van der Waals surface area (Å²) in [5, 5.41) is 2.80. The maximum absolute atomic E-state index is 12.0. The molecule has 0 aromatic heterocycles. The monoisotopic (exact) mass is 270 g/mol. The van der Waals surface area contributed by atoms with Gasteiger partial charge in [-0.05, 0) is 25.5 Å². The minimum absolute atomic E-state index is 0.0452. The Morgan fingerprint density at radius 3 is 2.50 bits per heavy atom. The zero-order valence-electron chi connectivity index (χ0n) is 10.7. The Kier molecular flexibility index (Phi) is 4.72. The van der Waals surface area contributed by atoms with Crippen LogP contribution in [0.5, 0.6) is 0 Å². The van der Waals surface area contributed by atoms with E-state index in [-0.39, 0.29) is 11.9 Å². The van der Waals surface area contributed by atoms with E-state index < -0.39 is 10.0 Å². The molecule has 0 radical (unpaired) electrons. The highest BCUT2D eigenvalue weighted by atomic mass is 32.2. The molecule has 0 aliphatic heterocycles. The van der Waals surface area contributed by atoms with E-state index in [2.05, 4.69) is 10.0 Å². The lowest BCUT2D eigenvalue weighted by Gasteiger charge is -2.14. The van der Waals surface area contributed by atoms with Crippen LogP contribution in [0, 0.1) is 0 Å². The summed E-state index contributed by atoms with van der Waals surface area (Å²) in [4.78, 5) is 12.0. The standard InChI is InChI=1S/C12H18N2O3S/c1-4-9(2)13-12(15)10-7-5-6-8-11(10)14-18(3,16)17/h5-9,14H,4H2,1-3H3,(H,13,15). The Morgan fingerprint density at radius 1 is 1.33 bits per heavy atom. The van der Waals surface area contributed by atoms with Gasteiger partial charge in [-0.1, -0.05) is 19.1 Å². The van der Waals surface area contributed by atoms with Gasteiger partial charge in [0.2, 0.25) is 10.0 Å². The van der Waals surface area contributed by atoms with Crippen LogP contribution in [0.15, 0.2) is 24.3 Å². The smallest absolute Gasteiger partial charge is 0.253 e. The number of amides is 1. The summed E-state index contributed by atoms with van der Waals surface area (Å²) < 4.78 is 24.8. The molecule has 1 amide bonds. The number of carbonyl (C=O) groups is 1. The van der Waals surface area contributed by atoms with Crippen molar-refractivity contribution in [2.75, 3.05) is 11.0 Å². The quantitative estimate of drug-likeness (QED) is 0.853. The van der Waals surface area contributed by atoms with E-state index in [0.29, 0.717) is 11.3 Å². The molecule has 0 aliphatic rings. The summed E-state index contributed by atoms with van der Waals surface area (Å²) in [6.07, 6.45) is 1.86. The van der Waals surface area contributed by atoms with Crippen LogP contribution in [-0.4, -0.2) is 26.6 Å². The van der Waals surface area contributed by atoms with Gasteiger partial charge in [-0.3, -0.25) is 9.52 Å². The van der Waals surface area contributed by atoms with E-state index in [1.807, 2.05) is 13.8 Å². The molecule has 1 rings (SSSR count). The van der Waals surface area contributed by atoms with Crippen LogP contribution in [0.25, 0.3) is 0 Å². The molecule has 1 aromatic carbocycles. The number of sulfonamides is 1. The number of anilines is 1. The van der Waals surface area contributed by atoms with Gasteiger partial charge in [-0.15, -0.1) is 0 Å². The summed E-state index contributed by atoms with van der Waals surface area (Å²) >= 11 is 0. The van der Waals surface area contributed by atoms with E-state index in [1.165, 1.54) is 0 Å². The van der Waals surface area contributed by atoms with Gasteiger partial charge in [-0.2, -0.15) is 0 Å². The van der Waals surface area contributed by atoms with Crippen LogP contribution in [-0.2, 0) is 10.0 Å². The van der Waals surface area contributed by atoms with Crippen LogP contribution in [0.4, 0.5) is 5.69 Å². The number of benzene rings is 1. The first kappa shape index (κ1) is 14.5. The molecule has 0 bridgehead atoms. The second-order valence-electron chi connectivity index (χ2n) is 4.20. The highest BCUT2D eigenvalue weighted by molar-refractivity contribution is 7.92. The molecule has 2 N–H and O–H groups in total. The van der Waals surface area contributed by atoms with Crippen LogP contribution < -0.4 is 10.0 Å². The van der Waals surface area contributed by atoms with Crippen molar-refractivity contribution in [3.63, 3.8) is 0 Å². The van der Waals surface area contributed by atoms with Crippen LogP contribution in [0.2, 0.25) is 0 Å². The van der Waals surface area contributed by atoms with Crippen LogP contribution >= 0.6 is 0 Å². The summed E-state index contributed by atoms with van der Waals surface area (Å²) in [7, 11) is -3.40. The highest BCUT2D eigenvalue weighted by Gasteiger charge is 2.14. The van der Waals surface area contributed by atoms with E-state index in [1.54, 1.807) is 24.3 Å². The maximum atomic E-state index is 12.0. The number of hydrogen-bond acceptors (Lipinski definition) is 3. The molecule has 1 unspecified atom stereocenters. The lowest BCUT2D eigenvalue weighted by atomic mass is 10.1. The molecular weight excluding hydrogens is 252 g/mol. The molecule has 18 heavy (non-hydrogen) atoms. The van der Waals surface area contributed by atoms with Gasteiger partial charge < -0.3 is 5.32 Å². The number of para-hydroxylation sites is 1. The number of carbonyl (C=O) groups excluding carboxylic acids is 1. The average molecular weight is 270 g/mol. The normalized spacial score (nSPS) is 12.8. The predicted octanol–water partition coefficient (Wildman–Crippen LogP) is 1.59. The Balaban J connectivity index is 2.98. The van der Waals surface area contributed by atoms with Crippen molar-refractivity contribution in [1.82, 2.24) is 5.32 Å². The molecule has 0 aliphatic carbocycles. The Labute approximate surface area is 108 Å². The summed E-state index contributed by atoms with van der Waals surface area (Å²) in [5.74, 6) is -0.281. The Bertz CT molecular complexity index is 526. The van der Waals surface area contributed by atoms with Crippen LogP contribution in [0.3, 0.4) is 0 Å². The Hall–Kier alpha value is -1.56. The molecule has 0 spiro atoms. The Morgan fingerprint density at radius 2 is 1.94 bits per heavy atom.